The molecule has 0 saturated heterocycles. The lowest BCUT2D eigenvalue weighted by Gasteiger charge is -2.44. The van der Waals surface area contributed by atoms with Crippen LogP contribution in [0.4, 0.5) is 9.59 Å². The molecule has 6 atom stereocenters. The van der Waals surface area contributed by atoms with Crippen LogP contribution < -0.4 is 16.8 Å². The molecule has 0 aliphatic heterocycles. The minimum atomic E-state index is -0.522. The van der Waals surface area contributed by atoms with Gasteiger partial charge in [-0.15, -0.1) is 0 Å². The van der Waals surface area contributed by atoms with Crippen LogP contribution in [-0.4, -0.2) is 84.0 Å². The zero-order chi connectivity index (χ0) is 46.5. The van der Waals surface area contributed by atoms with Crippen LogP contribution in [0.15, 0.2) is 91.0 Å². The number of carbonyl (C=O) groups excluding carboxylic acids is 2. The first-order chi connectivity index (χ1) is 31.0. The Kier molecular flexibility index (Phi) is 15.1. The number of hydrogen-bond donors (Lipinski definition) is 3. The predicted molar refractivity (Wildman–Crippen MR) is 259 cm³/mol. The van der Waals surface area contributed by atoms with E-state index in [-0.39, 0.29) is 35.1 Å². The molecule has 6 saturated carbocycles. The SMILES string of the molecule is CC(C)(C)OC(=O)N(CC1(C#N)CCC1)[C@H]1CC1c1ccccc1.CC(C)(C)OC(=O)N(CC1(CN)CCC1)[C@H]1CC1c1ccccc1.NCC1(CN[C@H]2CC2c2ccccc2)CCC1. The van der Waals surface area contributed by atoms with Crippen LogP contribution in [0.5, 0.6) is 0 Å². The molecular weight excluding hydrogens is 809 g/mol. The molecule has 9 rings (SSSR count). The predicted octanol–water partition coefficient (Wildman–Crippen LogP) is 10.6. The molecule has 0 spiro atoms. The van der Waals surface area contributed by atoms with Crippen molar-refractivity contribution >= 4 is 12.2 Å². The number of carbonyl (C=O) groups is 2. The Balaban J connectivity index is 0.000000148. The molecule has 10 heteroatoms. The fourth-order valence-corrected chi connectivity index (χ4v) is 10.1. The number of benzene rings is 3. The number of ether oxygens (including phenoxy) is 2. The van der Waals surface area contributed by atoms with Gasteiger partial charge in [0.2, 0.25) is 0 Å². The maximum Gasteiger partial charge on any atom is 0.410 e. The first kappa shape index (κ1) is 48.5. The number of amides is 2. The van der Waals surface area contributed by atoms with Crippen molar-refractivity contribution in [2.24, 2.45) is 27.7 Å². The van der Waals surface area contributed by atoms with Gasteiger partial charge in [-0.1, -0.05) is 110 Å². The van der Waals surface area contributed by atoms with Crippen molar-refractivity contribution in [3.63, 3.8) is 0 Å². The highest BCUT2D eigenvalue weighted by Crippen LogP contribution is 2.50. The van der Waals surface area contributed by atoms with Crippen LogP contribution in [0.1, 0.15) is 153 Å². The second kappa shape index (κ2) is 20.2. The van der Waals surface area contributed by atoms with E-state index in [1.165, 1.54) is 48.8 Å². The van der Waals surface area contributed by atoms with Crippen molar-refractivity contribution < 1.29 is 19.1 Å². The third-order valence-electron chi connectivity index (χ3n) is 15.0. The summed E-state index contributed by atoms with van der Waals surface area (Å²) < 4.78 is 11.3. The topological polar surface area (TPSA) is 147 Å². The molecule has 6 aliphatic carbocycles. The summed E-state index contributed by atoms with van der Waals surface area (Å²) in [6.45, 7) is 15.3. The summed E-state index contributed by atoms with van der Waals surface area (Å²) in [5.41, 5.74) is 15.1. The van der Waals surface area contributed by atoms with Gasteiger partial charge in [0.15, 0.2) is 0 Å². The van der Waals surface area contributed by atoms with E-state index >= 15 is 0 Å². The Bertz CT molecular complexity index is 2040. The van der Waals surface area contributed by atoms with Crippen LogP contribution in [0.2, 0.25) is 0 Å². The number of rotatable bonds is 14. The fraction of sp³-hybridized carbons (Fsp3) is 0.618. The molecule has 6 aliphatic rings. The Hall–Kier alpha value is -4.43. The minimum absolute atomic E-state index is 0.0979. The highest BCUT2D eigenvalue weighted by atomic mass is 16.6. The van der Waals surface area contributed by atoms with E-state index in [0.29, 0.717) is 36.4 Å². The van der Waals surface area contributed by atoms with Gasteiger partial charge in [0.1, 0.15) is 11.2 Å². The van der Waals surface area contributed by atoms with E-state index in [0.717, 1.165) is 70.5 Å². The number of nitrogens with one attached hydrogen (secondary N) is 1. The van der Waals surface area contributed by atoms with Gasteiger partial charge in [-0.2, -0.15) is 5.26 Å². The smallest absolute Gasteiger partial charge is 0.410 e. The van der Waals surface area contributed by atoms with Crippen LogP contribution in [0, 0.1) is 27.6 Å². The largest absolute Gasteiger partial charge is 0.444 e. The van der Waals surface area contributed by atoms with Crippen LogP contribution in [0.25, 0.3) is 0 Å². The molecule has 352 valence electrons. The molecule has 65 heavy (non-hydrogen) atoms. The van der Waals surface area contributed by atoms with Crippen molar-refractivity contribution in [3.05, 3.63) is 108 Å². The van der Waals surface area contributed by atoms with Crippen molar-refractivity contribution in [1.29, 1.82) is 5.26 Å². The average molecular weight is 887 g/mol. The molecule has 0 radical (unpaired) electrons. The minimum Gasteiger partial charge on any atom is -0.444 e. The highest BCUT2D eigenvalue weighted by Gasteiger charge is 2.51. The fourth-order valence-electron chi connectivity index (χ4n) is 10.1. The van der Waals surface area contributed by atoms with Crippen molar-refractivity contribution in [2.45, 2.75) is 166 Å². The summed E-state index contributed by atoms with van der Waals surface area (Å²) in [5, 5.41) is 13.3. The zero-order valence-electron chi connectivity index (χ0n) is 40.3. The van der Waals surface area contributed by atoms with Gasteiger partial charge in [0.05, 0.1) is 11.5 Å². The standard InChI is InChI=1S/C20H30N2O2.C20H26N2O2.C15H22N2/c2*1-19(2,3)24-18(23)22(14-20(13-21)10-7-11-20)17-12-16(17)15-8-5-4-6-9-15;16-10-15(7-4-8-15)11-17-14-9-13(14)12-5-2-1-3-6-12/h4-6,8-9,16-17H,7,10-14,21H2,1-3H3;4-6,8-9,16-17H,7,10-12,14H2,1-3H3;1-3,5-6,13-14,17H,4,7-11,16H2/t2*16?,17-;13?,14-/m000/s1. The number of nitrogens with two attached hydrogens (primary N) is 2. The molecule has 3 aromatic rings. The van der Waals surface area contributed by atoms with Crippen LogP contribution >= 0.6 is 0 Å². The molecule has 0 heterocycles. The molecule has 6 fully saturated rings. The van der Waals surface area contributed by atoms with E-state index < -0.39 is 11.2 Å². The van der Waals surface area contributed by atoms with E-state index in [1.54, 1.807) is 0 Å². The van der Waals surface area contributed by atoms with Crippen molar-refractivity contribution in [2.75, 3.05) is 32.7 Å². The maximum absolute atomic E-state index is 12.8. The lowest BCUT2D eigenvalue weighted by molar-refractivity contribution is 0.00291. The third-order valence-corrected chi connectivity index (χ3v) is 15.0. The second-order valence-corrected chi connectivity index (χ2v) is 22.5. The quantitative estimate of drug-likeness (QED) is 0.145. The van der Waals surface area contributed by atoms with Gasteiger partial charge in [-0.05, 0) is 135 Å². The van der Waals surface area contributed by atoms with Gasteiger partial charge in [0, 0.05) is 60.9 Å². The van der Waals surface area contributed by atoms with Gasteiger partial charge in [-0.25, -0.2) is 9.59 Å². The van der Waals surface area contributed by atoms with E-state index in [2.05, 4.69) is 78.1 Å². The van der Waals surface area contributed by atoms with Crippen molar-refractivity contribution in [3.8, 4) is 6.07 Å². The van der Waals surface area contributed by atoms with E-state index in [9.17, 15) is 14.9 Å². The Morgan fingerprint density at radius 3 is 1.35 bits per heavy atom. The van der Waals surface area contributed by atoms with Gasteiger partial charge in [0.25, 0.3) is 0 Å². The molecule has 0 aromatic heterocycles. The second-order valence-electron chi connectivity index (χ2n) is 22.5. The summed E-state index contributed by atoms with van der Waals surface area (Å²) in [6.07, 6.45) is 13.1. The van der Waals surface area contributed by atoms with Gasteiger partial charge >= 0.3 is 12.2 Å². The van der Waals surface area contributed by atoms with E-state index in [1.807, 2.05) is 75.6 Å². The Labute approximate surface area is 390 Å². The average Bonchev–Trinajstić information content (AvgIpc) is 4.13. The number of hydrogen-bond acceptors (Lipinski definition) is 8. The number of nitriles is 1. The van der Waals surface area contributed by atoms with Crippen LogP contribution in [0.3, 0.4) is 0 Å². The third kappa shape index (κ3) is 12.7. The summed E-state index contributed by atoms with van der Waals surface area (Å²) in [6, 6.07) is 35.2. The Morgan fingerprint density at radius 2 is 1.02 bits per heavy atom. The maximum atomic E-state index is 12.8. The molecule has 10 nitrogen and oxygen atoms in total. The molecular formula is C55H78N6O4. The number of nitrogens with zero attached hydrogens (tertiary/aromatic N) is 3. The highest BCUT2D eigenvalue weighted by molar-refractivity contribution is 5.70. The normalized spacial score (nSPS) is 26.0. The van der Waals surface area contributed by atoms with Crippen LogP contribution in [-0.2, 0) is 9.47 Å². The Morgan fingerprint density at radius 1 is 0.615 bits per heavy atom. The molecule has 5 N–H and O–H groups in total. The summed E-state index contributed by atoms with van der Waals surface area (Å²) in [5.74, 6) is 1.52. The summed E-state index contributed by atoms with van der Waals surface area (Å²) in [4.78, 5) is 29.4. The first-order valence-electron chi connectivity index (χ1n) is 24.7. The summed E-state index contributed by atoms with van der Waals surface area (Å²) >= 11 is 0. The molecule has 0 bridgehead atoms. The molecule has 3 aromatic carbocycles. The lowest BCUT2D eigenvalue weighted by Crippen LogP contribution is -2.50. The molecule has 2 amide bonds. The van der Waals surface area contributed by atoms with Gasteiger partial charge in [-0.3, -0.25) is 0 Å². The summed E-state index contributed by atoms with van der Waals surface area (Å²) in [7, 11) is 0. The molecule has 3 unspecified atom stereocenters. The first-order valence-corrected chi connectivity index (χ1v) is 24.7. The van der Waals surface area contributed by atoms with Crippen molar-refractivity contribution in [1.82, 2.24) is 15.1 Å². The zero-order valence-corrected chi connectivity index (χ0v) is 40.3. The monoisotopic (exact) mass is 887 g/mol. The lowest BCUT2D eigenvalue weighted by atomic mass is 9.68. The van der Waals surface area contributed by atoms with E-state index in [4.69, 9.17) is 20.9 Å². The van der Waals surface area contributed by atoms with Gasteiger partial charge < -0.3 is 36.1 Å².